The van der Waals surface area contributed by atoms with Gasteiger partial charge in [-0.25, -0.2) is 0 Å². The highest BCUT2D eigenvalue weighted by Crippen LogP contribution is 2.35. The van der Waals surface area contributed by atoms with Gasteiger partial charge < -0.3 is 10.2 Å². The van der Waals surface area contributed by atoms with Crippen LogP contribution >= 0.6 is 11.3 Å². The number of carbonyl (C=O) groups excluding carboxylic acids is 2. The van der Waals surface area contributed by atoms with Gasteiger partial charge in [0.05, 0.1) is 11.8 Å². The van der Waals surface area contributed by atoms with E-state index < -0.39 is 5.41 Å². The van der Waals surface area contributed by atoms with E-state index in [0.717, 1.165) is 24.0 Å². The van der Waals surface area contributed by atoms with Crippen LogP contribution in [0, 0.1) is 5.41 Å². The molecule has 0 unspecified atom stereocenters. The Bertz CT molecular complexity index is 1030. The zero-order chi connectivity index (χ0) is 22.4. The van der Waals surface area contributed by atoms with Crippen LogP contribution in [0.3, 0.4) is 0 Å². The number of hydrogen-bond donors (Lipinski definition) is 1. The van der Waals surface area contributed by atoms with Crippen molar-refractivity contribution in [1.82, 2.24) is 15.2 Å². The third kappa shape index (κ3) is 5.07. The van der Waals surface area contributed by atoms with Crippen LogP contribution in [-0.4, -0.2) is 41.3 Å². The number of hydrogen-bond acceptors (Lipinski definition) is 4. The number of piperidine rings is 1. The van der Waals surface area contributed by atoms with Crippen LogP contribution < -0.4 is 5.32 Å². The highest BCUT2D eigenvalue weighted by atomic mass is 32.1. The van der Waals surface area contributed by atoms with Gasteiger partial charge in [-0.15, -0.1) is 11.3 Å². The first-order chi connectivity index (χ1) is 15.6. The quantitative estimate of drug-likeness (QED) is 0.586. The minimum atomic E-state index is -0.608. The van der Waals surface area contributed by atoms with Gasteiger partial charge in [0, 0.05) is 36.9 Å². The van der Waals surface area contributed by atoms with Crippen molar-refractivity contribution < 1.29 is 9.59 Å². The molecule has 3 heterocycles. The van der Waals surface area contributed by atoms with Crippen LogP contribution in [-0.2, 0) is 22.4 Å². The number of benzene rings is 1. The van der Waals surface area contributed by atoms with Crippen molar-refractivity contribution in [2.45, 2.75) is 32.6 Å². The molecule has 0 radical (unpaired) electrons. The molecule has 5 nitrogen and oxygen atoms in total. The van der Waals surface area contributed by atoms with Gasteiger partial charge in [0.1, 0.15) is 0 Å². The smallest absolute Gasteiger partial charge is 0.228 e. The van der Waals surface area contributed by atoms with Crippen molar-refractivity contribution in [3.63, 3.8) is 0 Å². The number of pyridine rings is 1. The molecule has 1 N–H and O–H groups in total. The highest BCUT2D eigenvalue weighted by molar-refractivity contribution is 7.13. The molecule has 3 aromatic rings. The number of aromatic nitrogens is 1. The number of thiophene rings is 1. The van der Waals surface area contributed by atoms with Gasteiger partial charge in [-0.3, -0.25) is 14.6 Å². The van der Waals surface area contributed by atoms with Crippen molar-refractivity contribution in [2.24, 2.45) is 5.41 Å². The summed E-state index contributed by atoms with van der Waals surface area (Å²) >= 11 is 1.72. The Morgan fingerprint density at radius 2 is 1.97 bits per heavy atom. The molecule has 0 aliphatic carbocycles. The fraction of sp³-hybridized carbons (Fsp3) is 0.346. The second-order valence-corrected chi connectivity index (χ2v) is 9.40. The summed E-state index contributed by atoms with van der Waals surface area (Å²) in [7, 11) is 0. The molecule has 1 saturated heterocycles. The topological polar surface area (TPSA) is 62.3 Å². The molecule has 2 aromatic heterocycles. The summed E-state index contributed by atoms with van der Waals surface area (Å²) in [6.07, 6.45) is 5.98. The average molecular weight is 448 g/mol. The second kappa shape index (κ2) is 10.1. The normalized spacial score (nSPS) is 18.3. The SMILES string of the molecule is CCNC(=O)[C@@]1(Cc2ccc(-c3cccs3)cc2)CCCN(C(=O)Cc2cccnc2)C1. The van der Waals surface area contributed by atoms with E-state index in [9.17, 15) is 9.59 Å². The molecular weight excluding hydrogens is 418 g/mol. The Hall–Kier alpha value is -2.99. The molecule has 1 atom stereocenters. The number of nitrogens with one attached hydrogen (secondary N) is 1. The van der Waals surface area contributed by atoms with Crippen molar-refractivity contribution in [3.05, 3.63) is 77.4 Å². The van der Waals surface area contributed by atoms with E-state index in [-0.39, 0.29) is 11.8 Å². The van der Waals surface area contributed by atoms with E-state index in [1.54, 1.807) is 23.7 Å². The Morgan fingerprint density at radius 3 is 2.66 bits per heavy atom. The lowest BCUT2D eigenvalue weighted by Crippen LogP contribution is -2.54. The van der Waals surface area contributed by atoms with E-state index in [4.69, 9.17) is 0 Å². The molecule has 0 spiro atoms. The summed E-state index contributed by atoms with van der Waals surface area (Å²) in [6, 6.07) is 16.4. The van der Waals surface area contributed by atoms with Crippen molar-refractivity contribution >= 4 is 23.2 Å². The Morgan fingerprint density at radius 1 is 1.12 bits per heavy atom. The lowest BCUT2D eigenvalue weighted by Gasteiger charge is -2.42. The van der Waals surface area contributed by atoms with Gasteiger partial charge in [-0.2, -0.15) is 0 Å². The fourth-order valence-corrected chi connectivity index (χ4v) is 5.25. The molecule has 1 aliphatic heterocycles. The van der Waals surface area contributed by atoms with Crippen LogP contribution in [0.4, 0.5) is 0 Å². The van der Waals surface area contributed by atoms with Crippen molar-refractivity contribution in [3.8, 4) is 10.4 Å². The minimum Gasteiger partial charge on any atom is -0.356 e. The van der Waals surface area contributed by atoms with Gasteiger partial charge in [-0.05, 0) is 60.4 Å². The first-order valence-electron chi connectivity index (χ1n) is 11.2. The monoisotopic (exact) mass is 447 g/mol. The molecule has 1 aromatic carbocycles. The van der Waals surface area contributed by atoms with Crippen LogP contribution in [0.2, 0.25) is 0 Å². The van der Waals surface area contributed by atoms with Crippen LogP contribution in [0.15, 0.2) is 66.3 Å². The lowest BCUT2D eigenvalue weighted by atomic mass is 9.74. The van der Waals surface area contributed by atoms with E-state index in [0.29, 0.717) is 32.5 Å². The first kappa shape index (κ1) is 22.2. The summed E-state index contributed by atoms with van der Waals surface area (Å²) in [5.74, 6) is 0.0978. The van der Waals surface area contributed by atoms with E-state index in [1.165, 1.54) is 10.4 Å². The summed E-state index contributed by atoms with van der Waals surface area (Å²) in [5.41, 5.74) is 2.60. The summed E-state index contributed by atoms with van der Waals surface area (Å²) in [6.45, 7) is 3.67. The first-order valence-corrected chi connectivity index (χ1v) is 12.1. The molecule has 4 rings (SSSR count). The third-order valence-corrected chi connectivity index (χ3v) is 7.05. The summed E-state index contributed by atoms with van der Waals surface area (Å²) in [4.78, 5) is 33.5. The van der Waals surface area contributed by atoms with E-state index in [1.807, 2.05) is 24.0 Å². The zero-order valence-electron chi connectivity index (χ0n) is 18.4. The van der Waals surface area contributed by atoms with Gasteiger partial charge in [0.25, 0.3) is 0 Å². The van der Waals surface area contributed by atoms with Gasteiger partial charge in [-0.1, -0.05) is 36.4 Å². The minimum absolute atomic E-state index is 0.0428. The van der Waals surface area contributed by atoms with Crippen LogP contribution in [0.1, 0.15) is 30.9 Å². The molecule has 166 valence electrons. The standard InChI is InChI=1S/C26H29N3O2S/c1-2-28-25(31)26(17-20-8-10-22(11-9-20)23-7-4-15-32-23)12-5-14-29(19-26)24(30)16-21-6-3-13-27-18-21/h3-4,6-11,13,15,18H,2,5,12,14,16-17,19H2,1H3,(H,28,31)/t26-/m1/s1. The highest BCUT2D eigenvalue weighted by Gasteiger charge is 2.43. The maximum absolute atomic E-state index is 13.2. The summed E-state index contributed by atoms with van der Waals surface area (Å²) in [5, 5.41) is 5.11. The predicted molar refractivity (Wildman–Crippen MR) is 128 cm³/mol. The summed E-state index contributed by atoms with van der Waals surface area (Å²) < 4.78 is 0. The molecule has 0 bridgehead atoms. The van der Waals surface area contributed by atoms with Crippen molar-refractivity contribution in [1.29, 1.82) is 0 Å². The maximum Gasteiger partial charge on any atom is 0.228 e. The lowest BCUT2D eigenvalue weighted by molar-refractivity contribution is -0.141. The van der Waals surface area contributed by atoms with Gasteiger partial charge in [0.15, 0.2) is 0 Å². The molecule has 2 amide bonds. The van der Waals surface area contributed by atoms with Crippen LogP contribution in [0.5, 0.6) is 0 Å². The number of amides is 2. The van der Waals surface area contributed by atoms with Crippen molar-refractivity contribution in [2.75, 3.05) is 19.6 Å². The van der Waals surface area contributed by atoms with E-state index >= 15 is 0 Å². The predicted octanol–water partition coefficient (Wildman–Crippen LogP) is 4.34. The van der Waals surface area contributed by atoms with E-state index in [2.05, 4.69) is 52.1 Å². The maximum atomic E-state index is 13.2. The Labute approximate surface area is 193 Å². The number of carbonyl (C=O) groups is 2. The van der Waals surface area contributed by atoms with Gasteiger partial charge >= 0.3 is 0 Å². The Kier molecular flexibility index (Phi) is 7.00. The number of likely N-dealkylation sites (tertiary alicyclic amines) is 1. The van der Waals surface area contributed by atoms with Crippen LogP contribution in [0.25, 0.3) is 10.4 Å². The second-order valence-electron chi connectivity index (χ2n) is 8.45. The third-order valence-electron chi connectivity index (χ3n) is 6.13. The molecule has 1 aliphatic rings. The largest absolute Gasteiger partial charge is 0.356 e. The molecule has 6 heteroatoms. The molecule has 1 fully saturated rings. The van der Waals surface area contributed by atoms with Gasteiger partial charge in [0.2, 0.25) is 11.8 Å². The zero-order valence-corrected chi connectivity index (χ0v) is 19.2. The Balaban J connectivity index is 1.53. The fourth-order valence-electron chi connectivity index (χ4n) is 4.51. The average Bonchev–Trinajstić information content (AvgIpc) is 3.36. The number of rotatable bonds is 7. The molecule has 32 heavy (non-hydrogen) atoms. The molecule has 0 saturated carbocycles. The number of nitrogens with zero attached hydrogens (tertiary/aromatic N) is 2. The molecular formula is C26H29N3O2S.